The molecule has 2 fully saturated rings. The number of amides is 1. The van der Waals surface area contributed by atoms with Gasteiger partial charge in [0.25, 0.3) is 0 Å². The van der Waals surface area contributed by atoms with Crippen molar-refractivity contribution in [1.29, 1.82) is 0 Å². The number of carbonyl (C=O) groups is 1. The van der Waals surface area contributed by atoms with E-state index in [1.165, 1.54) is 12.8 Å². The Morgan fingerprint density at radius 3 is 2.92 bits per heavy atom. The zero-order chi connectivity index (χ0) is 16.8. The number of carbonyl (C=O) groups excluding carboxylic acids is 1. The van der Waals surface area contributed by atoms with E-state index in [4.69, 9.17) is 9.15 Å². The molecule has 0 bridgehead atoms. The van der Waals surface area contributed by atoms with E-state index in [1.54, 1.807) is 0 Å². The fourth-order valence-corrected chi connectivity index (χ4v) is 3.72. The van der Waals surface area contributed by atoms with Gasteiger partial charge in [0, 0.05) is 19.6 Å². The van der Waals surface area contributed by atoms with Crippen molar-refractivity contribution >= 4 is 5.91 Å². The Kier molecular flexibility index (Phi) is 6.32. The maximum atomic E-state index is 12.4. The molecular weight excluding hydrogens is 304 g/mol. The molecule has 0 aromatic carbocycles. The van der Waals surface area contributed by atoms with E-state index in [2.05, 4.69) is 29.3 Å². The molecule has 2 aliphatic heterocycles. The molecule has 24 heavy (non-hydrogen) atoms. The maximum Gasteiger partial charge on any atom is 0.234 e. The van der Waals surface area contributed by atoms with Gasteiger partial charge < -0.3 is 14.5 Å². The average Bonchev–Trinajstić information content (AvgIpc) is 3.22. The third-order valence-electron chi connectivity index (χ3n) is 5.12. The first-order valence-corrected chi connectivity index (χ1v) is 9.47. The van der Waals surface area contributed by atoms with E-state index >= 15 is 0 Å². The summed E-state index contributed by atoms with van der Waals surface area (Å²) in [6.45, 7) is 4.97. The molecule has 1 aromatic heterocycles. The number of nitrogens with one attached hydrogen (secondary N) is 1. The first-order valence-electron chi connectivity index (χ1n) is 9.47. The molecule has 0 spiro atoms. The van der Waals surface area contributed by atoms with E-state index < -0.39 is 0 Å². The number of hydrogen-bond acceptors (Lipinski definition) is 4. The van der Waals surface area contributed by atoms with Crippen molar-refractivity contribution in [1.82, 2.24) is 10.2 Å². The van der Waals surface area contributed by atoms with Crippen molar-refractivity contribution in [2.24, 2.45) is 0 Å². The highest BCUT2D eigenvalue weighted by atomic mass is 16.5. The zero-order valence-electron chi connectivity index (χ0n) is 14.8. The molecule has 2 atom stereocenters. The molecule has 1 amide bonds. The Balaban J connectivity index is 1.58. The monoisotopic (exact) mass is 334 g/mol. The number of ether oxygens (including phenoxy) is 1. The van der Waals surface area contributed by atoms with Crippen LogP contribution in [-0.2, 0) is 16.0 Å². The van der Waals surface area contributed by atoms with Crippen molar-refractivity contribution in [2.75, 3.05) is 26.2 Å². The molecule has 3 heterocycles. The van der Waals surface area contributed by atoms with Crippen LogP contribution in [0.4, 0.5) is 0 Å². The minimum atomic E-state index is 0.0969. The maximum absolute atomic E-state index is 12.4. The second-order valence-electron chi connectivity index (χ2n) is 6.93. The highest BCUT2D eigenvalue weighted by Crippen LogP contribution is 2.31. The fourth-order valence-electron chi connectivity index (χ4n) is 3.72. The Hall–Kier alpha value is -1.33. The normalized spacial score (nSPS) is 25.5. The Morgan fingerprint density at radius 1 is 1.25 bits per heavy atom. The SMILES string of the molecule is CCc1ccc(C2CCCCCN2CC(=O)NCC2CCCO2)o1. The molecule has 0 saturated carbocycles. The predicted octanol–water partition coefficient (Wildman–Crippen LogP) is 3.05. The quantitative estimate of drug-likeness (QED) is 0.869. The minimum Gasteiger partial charge on any atom is -0.464 e. The Bertz CT molecular complexity index is 522. The first-order chi connectivity index (χ1) is 11.8. The molecular formula is C19H30N2O3. The van der Waals surface area contributed by atoms with Crippen LogP contribution >= 0.6 is 0 Å². The van der Waals surface area contributed by atoms with Crippen LogP contribution in [0, 0.1) is 0 Å². The number of aryl methyl sites for hydroxylation is 1. The molecule has 5 heteroatoms. The predicted molar refractivity (Wildman–Crippen MR) is 92.9 cm³/mol. The minimum absolute atomic E-state index is 0.0969. The summed E-state index contributed by atoms with van der Waals surface area (Å²) in [5.74, 6) is 2.14. The third kappa shape index (κ3) is 4.61. The van der Waals surface area contributed by atoms with Gasteiger partial charge in [0.15, 0.2) is 0 Å². The number of rotatable bonds is 6. The van der Waals surface area contributed by atoms with Gasteiger partial charge in [0.2, 0.25) is 5.91 Å². The lowest BCUT2D eigenvalue weighted by Crippen LogP contribution is -2.41. The van der Waals surface area contributed by atoms with Crippen molar-refractivity contribution in [3.8, 4) is 0 Å². The largest absolute Gasteiger partial charge is 0.464 e. The van der Waals surface area contributed by atoms with Crippen LogP contribution in [0.15, 0.2) is 16.5 Å². The average molecular weight is 334 g/mol. The number of furan rings is 1. The summed E-state index contributed by atoms with van der Waals surface area (Å²) < 4.78 is 11.6. The second kappa shape index (κ2) is 8.67. The Morgan fingerprint density at radius 2 is 2.17 bits per heavy atom. The van der Waals surface area contributed by atoms with Crippen molar-refractivity contribution < 1.29 is 13.9 Å². The van der Waals surface area contributed by atoms with E-state index in [9.17, 15) is 4.79 Å². The van der Waals surface area contributed by atoms with Crippen LogP contribution in [0.1, 0.15) is 63.0 Å². The number of hydrogen-bond donors (Lipinski definition) is 1. The van der Waals surface area contributed by atoms with Crippen molar-refractivity contribution in [2.45, 2.75) is 64.0 Å². The summed E-state index contributed by atoms with van der Waals surface area (Å²) in [6.07, 6.45) is 7.91. The summed E-state index contributed by atoms with van der Waals surface area (Å²) in [4.78, 5) is 14.7. The molecule has 0 radical (unpaired) electrons. The summed E-state index contributed by atoms with van der Waals surface area (Å²) in [5, 5.41) is 3.04. The summed E-state index contributed by atoms with van der Waals surface area (Å²) in [5.41, 5.74) is 0. The zero-order valence-corrected chi connectivity index (χ0v) is 14.8. The van der Waals surface area contributed by atoms with E-state index in [0.717, 1.165) is 56.8 Å². The van der Waals surface area contributed by atoms with Gasteiger partial charge in [0.05, 0.1) is 18.7 Å². The van der Waals surface area contributed by atoms with Crippen molar-refractivity contribution in [3.05, 3.63) is 23.7 Å². The van der Waals surface area contributed by atoms with E-state index in [0.29, 0.717) is 13.1 Å². The summed E-state index contributed by atoms with van der Waals surface area (Å²) >= 11 is 0. The topological polar surface area (TPSA) is 54.7 Å². The number of likely N-dealkylation sites (tertiary alicyclic amines) is 1. The van der Waals surface area contributed by atoms with Gasteiger partial charge in [-0.25, -0.2) is 0 Å². The van der Waals surface area contributed by atoms with Crippen LogP contribution in [0.5, 0.6) is 0 Å². The lowest BCUT2D eigenvalue weighted by atomic mass is 10.1. The van der Waals surface area contributed by atoms with Gasteiger partial charge in [-0.3, -0.25) is 9.69 Å². The molecule has 2 saturated heterocycles. The van der Waals surface area contributed by atoms with Gasteiger partial charge >= 0.3 is 0 Å². The summed E-state index contributed by atoms with van der Waals surface area (Å²) in [6, 6.07) is 4.38. The summed E-state index contributed by atoms with van der Waals surface area (Å²) in [7, 11) is 0. The van der Waals surface area contributed by atoms with E-state index in [1.807, 2.05) is 0 Å². The van der Waals surface area contributed by atoms with Gasteiger partial charge in [-0.2, -0.15) is 0 Å². The standard InChI is InChI=1S/C19H30N2O3/c1-2-15-9-10-18(24-15)17-8-4-3-5-11-21(17)14-19(22)20-13-16-7-6-12-23-16/h9-10,16-17H,2-8,11-14H2,1H3,(H,20,22). The van der Waals surface area contributed by atoms with Gasteiger partial charge in [-0.15, -0.1) is 0 Å². The van der Waals surface area contributed by atoms with Gasteiger partial charge in [-0.1, -0.05) is 19.8 Å². The molecule has 3 rings (SSSR count). The van der Waals surface area contributed by atoms with Crippen LogP contribution < -0.4 is 5.32 Å². The molecule has 0 aliphatic carbocycles. The highest BCUT2D eigenvalue weighted by molar-refractivity contribution is 5.78. The van der Waals surface area contributed by atoms with Crippen LogP contribution in [0.3, 0.4) is 0 Å². The van der Waals surface area contributed by atoms with E-state index in [-0.39, 0.29) is 18.1 Å². The second-order valence-corrected chi connectivity index (χ2v) is 6.93. The third-order valence-corrected chi connectivity index (χ3v) is 5.12. The van der Waals surface area contributed by atoms with Gasteiger partial charge in [0.1, 0.15) is 11.5 Å². The van der Waals surface area contributed by atoms with Gasteiger partial charge in [-0.05, 0) is 44.4 Å². The first kappa shape index (κ1) is 17.5. The fraction of sp³-hybridized carbons (Fsp3) is 0.737. The lowest BCUT2D eigenvalue weighted by Gasteiger charge is -2.28. The highest BCUT2D eigenvalue weighted by Gasteiger charge is 2.27. The Labute approximate surface area is 144 Å². The smallest absolute Gasteiger partial charge is 0.234 e. The molecule has 1 aromatic rings. The van der Waals surface area contributed by atoms with Crippen LogP contribution in [-0.4, -0.2) is 43.2 Å². The molecule has 5 nitrogen and oxygen atoms in total. The van der Waals surface area contributed by atoms with Crippen molar-refractivity contribution in [3.63, 3.8) is 0 Å². The molecule has 1 N–H and O–H groups in total. The lowest BCUT2D eigenvalue weighted by molar-refractivity contribution is -0.123. The van der Waals surface area contributed by atoms with Crippen LogP contribution in [0.2, 0.25) is 0 Å². The number of nitrogens with zero attached hydrogens (tertiary/aromatic N) is 1. The van der Waals surface area contributed by atoms with Crippen LogP contribution in [0.25, 0.3) is 0 Å². The molecule has 2 unspecified atom stereocenters. The molecule has 2 aliphatic rings. The molecule has 134 valence electrons.